The van der Waals surface area contributed by atoms with Crippen molar-refractivity contribution < 1.29 is 13.2 Å². The van der Waals surface area contributed by atoms with Gasteiger partial charge in [-0.25, -0.2) is 8.42 Å². The molecule has 1 fully saturated rings. The fraction of sp³-hybridized carbons (Fsp3) is 0.409. The van der Waals surface area contributed by atoms with Gasteiger partial charge in [0.25, 0.3) is 0 Å². The lowest BCUT2D eigenvalue weighted by atomic mass is 10.1. The minimum Gasteiger partial charge on any atom is -0.368 e. The van der Waals surface area contributed by atoms with Crippen molar-refractivity contribution in [2.45, 2.75) is 26.3 Å². The van der Waals surface area contributed by atoms with Crippen LogP contribution in [0.3, 0.4) is 0 Å². The first kappa shape index (κ1) is 22.4. The van der Waals surface area contributed by atoms with Gasteiger partial charge in [-0.05, 0) is 43.7 Å². The molecule has 162 valence electrons. The molecule has 0 aliphatic carbocycles. The summed E-state index contributed by atoms with van der Waals surface area (Å²) in [5.41, 5.74) is 2.57. The van der Waals surface area contributed by atoms with Gasteiger partial charge >= 0.3 is 0 Å². The summed E-state index contributed by atoms with van der Waals surface area (Å²) in [6.45, 7) is 6.20. The van der Waals surface area contributed by atoms with Crippen LogP contribution >= 0.6 is 11.6 Å². The Morgan fingerprint density at radius 2 is 1.73 bits per heavy atom. The predicted octanol–water partition coefficient (Wildman–Crippen LogP) is 3.54. The minimum absolute atomic E-state index is 0.158. The van der Waals surface area contributed by atoms with Gasteiger partial charge in [0, 0.05) is 36.9 Å². The molecule has 2 aromatic rings. The van der Waals surface area contributed by atoms with Gasteiger partial charge in [-0.2, -0.15) is 0 Å². The van der Waals surface area contributed by atoms with Crippen LogP contribution in [0.25, 0.3) is 0 Å². The number of halogens is 1. The number of benzene rings is 2. The van der Waals surface area contributed by atoms with Gasteiger partial charge in [0.1, 0.15) is 6.04 Å². The molecule has 0 aromatic heterocycles. The number of piperazine rings is 1. The number of hydrogen-bond acceptors (Lipinski definition) is 4. The van der Waals surface area contributed by atoms with E-state index in [0.717, 1.165) is 17.5 Å². The lowest BCUT2D eigenvalue weighted by Gasteiger charge is -2.39. The van der Waals surface area contributed by atoms with E-state index in [1.807, 2.05) is 50.2 Å². The average molecular weight is 450 g/mol. The highest BCUT2D eigenvalue weighted by Gasteiger charge is 2.35. The Morgan fingerprint density at radius 1 is 1.10 bits per heavy atom. The number of anilines is 2. The van der Waals surface area contributed by atoms with E-state index in [-0.39, 0.29) is 5.91 Å². The van der Waals surface area contributed by atoms with Crippen molar-refractivity contribution in [3.05, 3.63) is 59.1 Å². The number of nitrogens with zero attached hydrogens (tertiary/aromatic N) is 3. The second kappa shape index (κ2) is 9.27. The molecule has 1 heterocycles. The molecule has 0 bridgehead atoms. The summed E-state index contributed by atoms with van der Waals surface area (Å²) < 4.78 is 26.5. The Kier molecular flexibility index (Phi) is 6.93. The number of aryl methyl sites for hydroxylation is 1. The van der Waals surface area contributed by atoms with E-state index in [4.69, 9.17) is 11.6 Å². The first-order valence-electron chi connectivity index (χ1n) is 10.1. The first-order valence-corrected chi connectivity index (χ1v) is 12.3. The van der Waals surface area contributed by atoms with Crippen LogP contribution in [0.1, 0.15) is 18.9 Å². The topological polar surface area (TPSA) is 60.9 Å². The van der Waals surface area contributed by atoms with E-state index >= 15 is 0 Å². The Labute approximate surface area is 184 Å². The summed E-state index contributed by atoms with van der Waals surface area (Å²) >= 11 is 6.10. The number of hydrogen-bond donors (Lipinski definition) is 0. The van der Waals surface area contributed by atoms with E-state index in [0.29, 0.717) is 43.3 Å². The van der Waals surface area contributed by atoms with Crippen molar-refractivity contribution in [2.24, 2.45) is 0 Å². The highest BCUT2D eigenvalue weighted by atomic mass is 35.5. The zero-order chi connectivity index (χ0) is 21.9. The summed E-state index contributed by atoms with van der Waals surface area (Å²) in [4.78, 5) is 17.3. The zero-order valence-corrected chi connectivity index (χ0v) is 19.2. The van der Waals surface area contributed by atoms with E-state index in [2.05, 4.69) is 4.90 Å². The van der Waals surface area contributed by atoms with E-state index in [9.17, 15) is 13.2 Å². The molecule has 1 saturated heterocycles. The summed E-state index contributed by atoms with van der Waals surface area (Å²) in [6.07, 6.45) is 1.55. The molecule has 1 amide bonds. The van der Waals surface area contributed by atoms with Crippen LogP contribution in [0.4, 0.5) is 11.4 Å². The van der Waals surface area contributed by atoms with Crippen LogP contribution in [-0.4, -0.2) is 57.7 Å². The number of rotatable bonds is 6. The third-order valence-electron chi connectivity index (χ3n) is 5.37. The lowest BCUT2D eigenvalue weighted by Crippen LogP contribution is -2.56. The summed E-state index contributed by atoms with van der Waals surface area (Å²) in [6, 6.07) is 14.1. The molecule has 0 radical (unpaired) electrons. The quantitative estimate of drug-likeness (QED) is 0.676. The van der Waals surface area contributed by atoms with Crippen molar-refractivity contribution in [3.8, 4) is 0 Å². The van der Waals surface area contributed by atoms with Crippen LogP contribution < -0.4 is 9.21 Å². The number of amides is 1. The monoisotopic (exact) mass is 449 g/mol. The van der Waals surface area contributed by atoms with Crippen LogP contribution in [0, 0.1) is 6.92 Å². The van der Waals surface area contributed by atoms with Crippen LogP contribution in [0.15, 0.2) is 48.5 Å². The smallest absolute Gasteiger partial charge is 0.246 e. The highest BCUT2D eigenvalue weighted by molar-refractivity contribution is 7.92. The number of sulfonamides is 1. The summed E-state index contributed by atoms with van der Waals surface area (Å²) in [5.74, 6) is -0.158. The van der Waals surface area contributed by atoms with Gasteiger partial charge in [0.05, 0.1) is 11.9 Å². The molecule has 0 spiro atoms. The highest BCUT2D eigenvalue weighted by Crippen LogP contribution is 2.25. The Morgan fingerprint density at radius 3 is 2.27 bits per heavy atom. The SMILES string of the molecule is CCC(C(=O)N1CCN(c2cccc(Cl)c2)CC1)N(c1ccc(C)cc1)S(C)(=O)=O. The van der Waals surface area contributed by atoms with Crippen LogP contribution in [0.5, 0.6) is 0 Å². The van der Waals surface area contributed by atoms with E-state index < -0.39 is 16.1 Å². The zero-order valence-electron chi connectivity index (χ0n) is 17.6. The van der Waals surface area contributed by atoms with Crippen molar-refractivity contribution in [2.75, 3.05) is 41.6 Å². The molecule has 30 heavy (non-hydrogen) atoms. The molecule has 1 aliphatic heterocycles. The Hall–Kier alpha value is -2.25. The predicted molar refractivity (Wildman–Crippen MR) is 123 cm³/mol. The number of carbonyl (C=O) groups is 1. The average Bonchev–Trinajstić information content (AvgIpc) is 2.71. The molecule has 1 aliphatic rings. The van der Waals surface area contributed by atoms with Gasteiger partial charge in [-0.3, -0.25) is 9.10 Å². The Balaban J connectivity index is 1.77. The minimum atomic E-state index is -3.62. The van der Waals surface area contributed by atoms with Crippen molar-refractivity contribution in [1.29, 1.82) is 0 Å². The normalized spacial score (nSPS) is 15.7. The third-order valence-corrected chi connectivity index (χ3v) is 6.78. The Bertz CT molecular complexity index is 987. The van der Waals surface area contributed by atoms with Gasteiger partial charge in [-0.1, -0.05) is 42.3 Å². The molecular formula is C22H28ClN3O3S. The van der Waals surface area contributed by atoms with Crippen molar-refractivity contribution in [3.63, 3.8) is 0 Å². The summed E-state index contributed by atoms with van der Waals surface area (Å²) in [5, 5.41) is 0.680. The summed E-state index contributed by atoms with van der Waals surface area (Å²) in [7, 11) is -3.62. The van der Waals surface area contributed by atoms with Gasteiger partial charge in [0.15, 0.2) is 0 Å². The van der Waals surface area contributed by atoms with Gasteiger partial charge < -0.3 is 9.80 Å². The maximum absolute atomic E-state index is 13.3. The molecule has 0 N–H and O–H groups in total. The largest absolute Gasteiger partial charge is 0.368 e. The maximum Gasteiger partial charge on any atom is 0.246 e. The van der Waals surface area contributed by atoms with Crippen molar-refractivity contribution in [1.82, 2.24) is 4.90 Å². The first-order chi connectivity index (χ1) is 14.2. The lowest BCUT2D eigenvalue weighted by molar-refractivity contribution is -0.132. The van der Waals surface area contributed by atoms with Crippen LogP contribution in [0.2, 0.25) is 5.02 Å². The molecule has 0 saturated carbocycles. The van der Waals surface area contributed by atoms with Gasteiger partial charge in [-0.15, -0.1) is 0 Å². The molecule has 8 heteroatoms. The molecule has 1 atom stereocenters. The molecule has 6 nitrogen and oxygen atoms in total. The molecule has 3 rings (SSSR count). The van der Waals surface area contributed by atoms with Gasteiger partial charge in [0.2, 0.25) is 15.9 Å². The van der Waals surface area contributed by atoms with Crippen molar-refractivity contribution >= 4 is 38.9 Å². The molecular weight excluding hydrogens is 422 g/mol. The fourth-order valence-corrected chi connectivity index (χ4v) is 5.19. The molecule has 1 unspecified atom stereocenters. The number of carbonyl (C=O) groups excluding carboxylic acids is 1. The van der Waals surface area contributed by atoms with Crippen LogP contribution in [-0.2, 0) is 14.8 Å². The fourth-order valence-electron chi connectivity index (χ4n) is 3.80. The van der Waals surface area contributed by atoms with E-state index in [1.165, 1.54) is 4.31 Å². The second-order valence-electron chi connectivity index (χ2n) is 7.61. The van der Waals surface area contributed by atoms with E-state index in [1.54, 1.807) is 17.0 Å². The maximum atomic E-state index is 13.3. The standard InChI is InChI=1S/C22H28ClN3O3S/c1-4-21(26(30(3,28)29)19-10-8-17(2)9-11-19)22(27)25-14-12-24(13-15-25)20-7-5-6-18(23)16-20/h5-11,16,21H,4,12-15H2,1-3H3. The molecule has 2 aromatic carbocycles. The third kappa shape index (κ3) is 5.08. The second-order valence-corrected chi connectivity index (χ2v) is 9.91.